The molecule has 1 N–H and O–H groups in total. The van der Waals surface area contributed by atoms with Gasteiger partial charge in [-0.3, -0.25) is 4.79 Å². The van der Waals surface area contributed by atoms with E-state index in [1.54, 1.807) is 12.1 Å². The minimum Gasteiger partial charge on any atom is -0.465 e. The molecule has 0 aliphatic carbocycles. The zero-order valence-corrected chi connectivity index (χ0v) is 20.5. The highest BCUT2D eigenvalue weighted by Gasteiger charge is 2.29. The third-order valence-corrected chi connectivity index (χ3v) is 6.62. The number of hydrogen-bond acceptors (Lipinski definition) is 5. The Labute approximate surface area is 205 Å². The highest BCUT2D eigenvalue weighted by Crippen LogP contribution is 2.23. The summed E-state index contributed by atoms with van der Waals surface area (Å²) in [5.41, 5.74) is 2.98. The molecule has 0 unspecified atom stereocenters. The highest BCUT2D eigenvalue weighted by molar-refractivity contribution is 6.30. The fraction of sp³-hybridized carbons (Fsp3) is 0.423. The molecule has 7 nitrogen and oxygen atoms in total. The topological polar surface area (TPSA) is 76.5 Å². The number of imidazole rings is 1. The summed E-state index contributed by atoms with van der Waals surface area (Å²) in [6, 6.07) is 13.2. The van der Waals surface area contributed by atoms with Crippen LogP contribution in [-0.2, 0) is 17.7 Å². The molecule has 0 atom stereocenters. The fourth-order valence-electron chi connectivity index (χ4n) is 4.59. The number of benzene rings is 2. The first kappa shape index (κ1) is 24.2. The summed E-state index contributed by atoms with van der Waals surface area (Å²) in [6.45, 7) is 5.19. The molecule has 8 heteroatoms. The summed E-state index contributed by atoms with van der Waals surface area (Å²) >= 11 is 6.04. The Bertz CT molecular complexity index is 1150. The molecule has 2 heterocycles. The molecule has 4 rings (SSSR count). The predicted molar refractivity (Wildman–Crippen MR) is 133 cm³/mol. The molecular formula is C26H31ClN4O3. The number of nitrogens with zero attached hydrogens (tertiary/aromatic N) is 3. The molecule has 1 aromatic heterocycles. The van der Waals surface area contributed by atoms with Crippen molar-refractivity contribution in [1.82, 2.24) is 19.8 Å². The molecule has 1 aliphatic heterocycles. The van der Waals surface area contributed by atoms with Crippen molar-refractivity contribution in [2.75, 3.05) is 26.7 Å². The van der Waals surface area contributed by atoms with E-state index in [0.29, 0.717) is 35.0 Å². The monoisotopic (exact) mass is 482 g/mol. The van der Waals surface area contributed by atoms with Gasteiger partial charge in [-0.1, -0.05) is 30.7 Å². The van der Waals surface area contributed by atoms with Crippen LogP contribution in [0.2, 0.25) is 5.02 Å². The van der Waals surface area contributed by atoms with E-state index >= 15 is 0 Å². The van der Waals surface area contributed by atoms with E-state index in [1.165, 1.54) is 7.11 Å². The lowest BCUT2D eigenvalue weighted by atomic mass is 10.0. The second-order valence-electron chi connectivity index (χ2n) is 8.64. The summed E-state index contributed by atoms with van der Waals surface area (Å²) in [6.07, 6.45) is 3.47. The summed E-state index contributed by atoms with van der Waals surface area (Å²) in [5.74, 6) is -0.0635. The van der Waals surface area contributed by atoms with Crippen molar-refractivity contribution in [3.05, 3.63) is 64.4 Å². The number of aryl methyl sites for hydroxylation is 2. The molecule has 0 radical (unpaired) electrons. The van der Waals surface area contributed by atoms with Crippen LogP contribution in [0.25, 0.3) is 11.0 Å². The maximum absolute atomic E-state index is 13.9. The van der Waals surface area contributed by atoms with Crippen LogP contribution >= 0.6 is 11.6 Å². The first-order chi connectivity index (χ1) is 16.5. The second kappa shape index (κ2) is 11.0. The van der Waals surface area contributed by atoms with Crippen LogP contribution in [0.4, 0.5) is 0 Å². The molecule has 0 spiro atoms. The van der Waals surface area contributed by atoms with E-state index in [-0.39, 0.29) is 11.9 Å². The minimum atomic E-state index is -0.423. The molecule has 2 aromatic carbocycles. The van der Waals surface area contributed by atoms with Crippen LogP contribution in [0.3, 0.4) is 0 Å². The highest BCUT2D eigenvalue weighted by atomic mass is 35.5. The maximum Gasteiger partial charge on any atom is 0.337 e. The van der Waals surface area contributed by atoms with Gasteiger partial charge in [0.2, 0.25) is 0 Å². The Morgan fingerprint density at radius 1 is 1.18 bits per heavy atom. The van der Waals surface area contributed by atoms with Gasteiger partial charge in [-0.2, -0.15) is 0 Å². The average Bonchev–Trinajstić information content (AvgIpc) is 3.24. The molecule has 1 fully saturated rings. The molecular weight excluding hydrogens is 452 g/mol. The Morgan fingerprint density at radius 2 is 1.91 bits per heavy atom. The van der Waals surface area contributed by atoms with Crippen molar-refractivity contribution in [3.63, 3.8) is 0 Å². The van der Waals surface area contributed by atoms with Crippen LogP contribution in [0.15, 0.2) is 42.5 Å². The van der Waals surface area contributed by atoms with Crippen LogP contribution in [0.1, 0.15) is 52.7 Å². The number of methoxy groups -OCH3 is 1. The zero-order valence-electron chi connectivity index (χ0n) is 19.7. The van der Waals surface area contributed by atoms with Crippen molar-refractivity contribution in [3.8, 4) is 0 Å². The van der Waals surface area contributed by atoms with E-state index < -0.39 is 5.97 Å². The zero-order chi connectivity index (χ0) is 24.1. The number of ether oxygens (including phenoxy) is 1. The van der Waals surface area contributed by atoms with Gasteiger partial charge in [-0.25, -0.2) is 9.78 Å². The van der Waals surface area contributed by atoms with Crippen molar-refractivity contribution < 1.29 is 14.3 Å². The number of carbonyl (C=O) groups is 2. The number of rotatable bonds is 8. The van der Waals surface area contributed by atoms with E-state index in [4.69, 9.17) is 21.3 Å². The summed E-state index contributed by atoms with van der Waals surface area (Å²) in [5, 5.41) is 4.07. The van der Waals surface area contributed by atoms with Gasteiger partial charge in [0, 0.05) is 24.2 Å². The fourth-order valence-corrected chi connectivity index (χ4v) is 4.72. The molecule has 180 valence electrons. The van der Waals surface area contributed by atoms with Crippen LogP contribution < -0.4 is 5.32 Å². The average molecular weight is 483 g/mol. The predicted octanol–water partition coefficient (Wildman–Crippen LogP) is 4.32. The Kier molecular flexibility index (Phi) is 7.85. The van der Waals surface area contributed by atoms with Gasteiger partial charge < -0.3 is 19.5 Å². The largest absolute Gasteiger partial charge is 0.465 e. The van der Waals surface area contributed by atoms with Gasteiger partial charge in [0.25, 0.3) is 5.91 Å². The first-order valence-corrected chi connectivity index (χ1v) is 12.2. The molecule has 1 aliphatic rings. The van der Waals surface area contributed by atoms with Crippen molar-refractivity contribution in [2.24, 2.45) is 0 Å². The normalized spacial score (nSPS) is 14.3. The Morgan fingerprint density at radius 3 is 2.59 bits per heavy atom. The van der Waals surface area contributed by atoms with Gasteiger partial charge in [0.1, 0.15) is 0 Å². The molecule has 1 saturated heterocycles. The number of carbonyl (C=O) groups excluding carboxylic acids is 2. The number of piperidine rings is 1. The van der Waals surface area contributed by atoms with E-state index in [9.17, 15) is 9.59 Å². The lowest BCUT2D eigenvalue weighted by molar-refractivity contribution is 0.0598. The third kappa shape index (κ3) is 5.26. The lowest BCUT2D eigenvalue weighted by Crippen LogP contribution is -2.47. The molecule has 0 bridgehead atoms. The number of amides is 1. The lowest BCUT2D eigenvalue weighted by Gasteiger charge is -2.34. The number of hydrogen-bond donors (Lipinski definition) is 1. The van der Waals surface area contributed by atoms with E-state index in [1.807, 2.05) is 39.8 Å². The standard InChI is InChI=1S/C26H31ClN4O3/c1-3-15-30(21-10-13-28-14-11-21)25(32)24-29-22-17-19(26(33)34-2)6-9-23(22)31(24)16-12-18-4-7-20(27)8-5-18/h4-9,17,21,28H,3,10-16H2,1-2H3. The smallest absolute Gasteiger partial charge is 0.337 e. The summed E-state index contributed by atoms with van der Waals surface area (Å²) in [7, 11) is 1.36. The molecule has 0 saturated carbocycles. The van der Waals surface area contributed by atoms with E-state index in [0.717, 1.165) is 49.9 Å². The number of halogens is 1. The third-order valence-electron chi connectivity index (χ3n) is 6.37. The van der Waals surface area contributed by atoms with E-state index in [2.05, 4.69) is 12.2 Å². The van der Waals surface area contributed by atoms with Gasteiger partial charge in [0.15, 0.2) is 5.82 Å². The van der Waals surface area contributed by atoms with Gasteiger partial charge >= 0.3 is 5.97 Å². The molecule has 1 amide bonds. The molecule has 3 aromatic rings. The first-order valence-electron chi connectivity index (χ1n) is 11.9. The van der Waals surface area contributed by atoms with Crippen molar-refractivity contribution in [2.45, 2.75) is 45.2 Å². The number of aromatic nitrogens is 2. The number of esters is 1. The summed E-state index contributed by atoms with van der Waals surface area (Å²) in [4.78, 5) is 32.7. The Balaban J connectivity index is 1.72. The van der Waals surface area contributed by atoms with Gasteiger partial charge in [-0.15, -0.1) is 0 Å². The Hall–Kier alpha value is -2.90. The quantitative estimate of drug-likeness (QED) is 0.484. The molecule has 34 heavy (non-hydrogen) atoms. The summed E-state index contributed by atoms with van der Waals surface area (Å²) < 4.78 is 6.85. The van der Waals surface area contributed by atoms with Crippen LogP contribution in [0.5, 0.6) is 0 Å². The minimum absolute atomic E-state index is 0.0549. The number of fused-ring (bicyclic) bond motifs is 1. The second-order valence-corrected chi connectivity index (χ2v) is 9.07. The van der Waals surface area contributed by atoms with Crippen LogP contribution in [0, 0.1) is 0 Å². The number of nitrogens with one attached hydrogen (secondary N) is 1. The SMILES string of the molecule is CCCN(C(=O)c1nc2cc(C(=O)OC)ccc2n1CCc1ccc(Cl)cc1)C1CCNCC1. The van der Waals surface area contributed by atoms with Gasteiger partial charge in [0.05, 0.1) is 23.7 Å². The maximum atomic E-state index is 13.9. The van der Waals surface area contributed by atoms with Crippen LogP contribution in [-0.4, -0.2) is 59.1 Å². The van der Waals surface area contributed by atoms with Crippen molar-refractivity contribution in [1.29, 1.82) is 0 Å². The van der Waals surface area contributed by atoms with Crippen molar-refractivity contribution >= 4 is 34.5 Å². The van der Waals surface area contributed by atoms with Gasteiger partial charge in [-0.05, 0) is 74.7 Å².